The third kappa shape index (κ3) is 3.18. The van der Waals surface area contributed by atoms with E-state index >= 15 is 0 Å². The minimum absolute atomic E-state index is 0.144. The summed E-state index contributed by atoms with van der Waals surface area (Å²) >= 11 is 0. The van der Waals surface area contributed by atoms with Crippen LogP contribution in [0.2, 0.25) is 0 Å². The Bertz CT molecular complexity index is 910. The third-order valence-electron chi connectivity index (χ3n) is 4.33. The lowest BCUT2D eigenvalue weighted by atomic mass is 10.1. The molecule has 0 aromatic heterocycles. The zero-order valence-corrected chi connectivity index (χ0v) is 15.2. The first-order valence-corrected chi connectivity index (χ1v) is 8.25. The van der Waals surface area contributed by atoms with Crippen LogP contribution >= 0.6 is 0 Å². The number of benzene rings is 2. The van der Waals surface area contributed by atoms with Crippen LogP contribution in [0.25, 0.3) is 0 Å². The van der Waals surface area contributed by atoms with Gasteiger partial charge in [-0.1, -0.05) is 17.7 Å². The van der Waals surface area contributed by atoms with Crippen molar-refractivity contribution in [1.29, 1.82) is 0 Å². The smallest absolute Gasteiger partial charge is 0.262 e. The van der Waals surface area contributed by atoms with Crippen molar-refractivity contribution in [2.75, 3.05) is 19.0 Å². The van der Waals surface area contributed by atoms with Crippen LogP contribution in [0, 0.1) is 20.8 Å². The Labute approximate surface area is 151 Å². The first-order valence-electron chi connectivity index (χ1n) is 8.25. The largest absolute Gasteiger partial charge is 0.483 e. The van der Waals surface area contributed by atoms with Gasteiger partial charge in [-0.15, -0.1) is 0 Å². The molecule has 134 valence electrons. The highest BCUT2D eigenvalue weighted by Crippen LogP contribution is 2.26. The maximum absolute atomic E-state index is 12.2. The summed E-state index contributed by atoms with van der Waals surface area (Å²) in [6, 6.07) is 8.66. The van der Waals surface area contributed by atoms with Gasteiger partial charge in [0.1, 0.15) is 5.75 Å². The van der Waals surface area contributed by atoms with Gasteiger partial charge < -0.3 is 10.1 Å². The number of nitrogens with one attached hydrogen (secondary N) is 1. The number of fused-ring (bicyclic) bond motifs is 1. The van der Waals surface area contributed by atoms with Crippen LogP contribution in [0.4, 0.5) is 5.69 Å². The molecule has 0 saturated heterocycles. The number of imide groups is 1. The molecular weight excluding hydrogens is 332 g/mol. The topological polar surface area (TPSA) is 75.7 Å². The van der Waals surface area contributed by atoms with E-state index in [9.17, 15) is 14.4 Å². The molecule has 0 unspecified atom stereocenters. The minimum atomic E-state index is -0.372. The fourth-order valence-corrected chi connectivity index (χ4v) is 3.17. The predicted octanol–water partition coefficient (Wildman–Crippen LogP) is 2.86. The van der Waals surface area contributed by atoms with Crippen LogP contribution in [0.1, 0.15) is 37.4 Å². The normalized spacial score (nSPS) is 13.0. The van der Waals surface area contributed by atoms with E-state index in [1.54, 1.807) is 12.1 Å². The standard InChI is InChI=1S/C20H20N2O4/c1-11-7-12(2)18(13(3)8-11)26-10-17(23)21-14-5-6-15-16(9-14)20(25)22(4)19(15)24/h5-9H,10H2,1-4H3,(H,21,23). The Morgan fingerprint density at radius 2 is 1.62 bits per heavy atom. The molecule has 2 aromatic rings. The summed E-state index contributed by atoms with van der Waals surface area (Å²) in [6.45, 7) is 5.74. The number of carbonyl (C=O) groups excluding carboxylic acids is 3. The number of anilines is 1. The van der Waals surface area contributed by atoms with Crippen LogP contribution in [-0.2, 0) is 4.79 Å². The molecule has 26 heavy (non-hydrogen) atoms. The molecule has 3 rings (SSSR count). The highest BCUT2D eigenvalue weighted by atomic mass is 16.5. The van der Waals surface area contributed by atoms with Crippen molar-refractivity contribution in [3.63, 3.8) is 0 Å². The lowest BCUT2D eigenvalue weighted by Crippen LogP contribution is -2.24. The van der Waals surface area contributed by atoms with E-state index in [4.69, 9.17) is 4.74 Å². The van der Waals surface area contributed by atoms with E-state index in [2.05, 4.69) is 5.32 Å². The summed E-state index contributed by atoms with van der Waals surface area (Å²) in [5, 5.41) is 2.70. The summed E-state index contributed by atoms with van der Waals surface area (Å²) in [5.74, 6) is -0.351. The molecule has 0 aliphatic carbocycles. The van der Waals surface area contributed by atoms with E-state index in [0.29, 0.717) is 22.6 Å². The van der Waals surface area contributed by atoms with Crippen LogP contribution in [0.3, 0.4) is 0 Å². The molecule has 6 heteroatoms. The monoisotopic (exact) mass is 352 g/mol. The molecule has 0 atom stereocenters. The minimum Gasteiger partial charge on any atom is -0.483 e. The molecule has 0 radical (unpaired) electrons. The molecule has 1 N–H and O–H groups in total. The Morgan fingerprint density at radius 1 is 1.00 bits per heavy atom. The van der Waals surface area contributed by atoms with E-state index in [0.717, 1.165) is 21.6 Å². The first kappa shape index (κ1) is 17.7. The van der Waals surface area contributed by atoms with Crippen LogP contribution in [0.15, 0.2) is 30.3 Å². The summed E-state index contributed by atoms with van der Waals surface area (Å²) < 4.78 is 5.66. The zero-order valence-electron chi connectivity index (χ0n) is 15.2. The van der Waals surface area contributed by atoms with Crippen molar-refractivity contribution in [2.45, 2.75) is 20.8 Å². The second kappa shape index (κ2) is 6.63. The molecule has 1 heterocycles. The van der Waals surface area contributed by atoms with Gasteiger partial charge >= 0.3 is 0 Å². The van der Waals surface area contributed by atoms with Gasteiger partial charge in [0, 0.05) is 12.7 Å². The summed E-state index contributed by atoms with van der Waals surface area (Å²) in [7, 11) is 1.43. The van der Waals surface area contributed by atoms with Gasteiger partial charge in [-0.25, -0.2) is 0 Å². The van der Waals surface area contributed by atoms with Crippen molar-refractivity contribution in [1.82, 2.24) is 4.90 Å². The van der Waals surface area contributed by atoms with Gasteiger partial charge in [-0.2, -0.15) is 0 Å². The maximum atomic E-state index is 12.2. The number of ether oxygens (including phenoxy) is 1. The van der Waals surface area contributed by atoms with Gasteiger partial charge in [0.25, 0.3) is 17.7 Å². The Kier molecular flexibility index (Phi) is 4.50. The quantitative estimate of drug-likeness (QED) is 0.859. The predicted molar refractivity (Wildman–Crippen MR) is 97.6 cm³/mol. The SMILES string of the molecule is Cc1cc(C)c(OCC(=O)Nc2ccc3c(c2)C(=O)N(C)C3=O)c(C)c1. The third-order valence-corrected chi connectivity index (χ3v) is 4.33. The fourth-order valence-electron chi connectivity index (χ4n) is 3.17. The fraction of sp³-hybridized carbons (Fsp3) is 0.250. The number of hydrogen-bond acceptors (Lipinski definition) is 4. The van der Waals surface area contributed by atoms with Gasteiger partial charge in [-0.3, -0.25) is 19.3 Å². The first-order chi connectivity index (χ1) is 12.3. The van der Waals surface area contributed by atoms with Gasteiger partial charge in [0.15, 0.2) is 6.61 Å². The number of amides is 3. The van der Waals surface area contributed by atoms with Crippen molar-refractivity contribution in [3.8, 4) is 5.75 Å². The van der Waals surface area contributed by atoms with E-state index in [1.165, 1.54) is 13.1 Å². The molecule has 0 bridgehead atoms. The number of rotatable bonds is 4. The molecular formula is C20H20N2O4. The van der Waals surface area contributed by atoms with E-state index in [-0.39, 0.29) is 24.3 Å². The molecule has 1 aliphatic rings. The number of hydrogen-bond donors (Lipinski definition) is 1. The summed E-state index contributed by atoms with van der Waals surface area (Å²) in [4.78, 5) is 37.2. The van der Waals surface area contributed by atoms with Crippen molar-refractivity contribution in [2.24, 2.45) is 0 Å². The average molecular weight is 352 g/mol. The number of carbonyl (C=O) groups is 3. The molecule has 2 aromatic carbocycles. The van der Waals surface area contributed by atoms with E-state index < -0.39 is 0 Å². The second-order valence-electron chi connectivity index (χ2n) is 6.49. The highest BCUT2D eigenvalue weighted by Gasteiger charge is 2.32. The Balaban J connectivity index is 1.69. The molecule has 3 amide bonds. The van der Waals surface area contributed by atoms with Gasteiger partial charge in [0.05, 0.1) is 11.1 Å². The van der Waals surface area contributed by atoms with Crippen molar-refractivity contribution in [3.05, 3.63) is 58.1 Å². The lowest BCUT2D eigenvalue weighted by Gasteiger charge is -2.13. The van der Waals surface area contributed by atoms with Gasteiger partial charge in [0.2, 0.25) is 0 Å². The molecule has 0 saturated carbocycles. The zero-order chi connectivity index (χ0) is 19.0. The average Bonchev–Trinajstić information content (AvgIpc) is 2.78. The molecule has 0 fully saturated rings. The number of nitrogens with zero attached hydrogens (tertiary/aromatic N) is 1. The lowest BCUT2D eigenvalue weighted by molar-refractivity contribution is -0.118. The van der Waals surface area contributed by atoms with Gasteiger partial charge in [-0.05, 0) is 50.1 Å². The van der Waals surface area contributed by atoms with Crippen molar-refractivity contribution < 1.29 is 19.1 Å². The Hall–Kier alpha value is -3.15. The summed E-state index contributed by atoms with van der Waals surface area (Å²) in [6.07, 6.45) is 0. The van der Waals surface area contributed by atoms with Crippen molar-refractivity contribution >= 4 is 23.4 Å². The van der Waals surface area contributed by atoms with Crippen LogP contribution < -0.4 is 10.1 Å². The van der Waals surface area contributed by atoms with Crippen LogP contribution in [0.5, 0.6) is 5.75 Å². The molecule has 0 spiro atoms. The van der Waals surface area contributed by atoms with Crippen LogP contribution in [-0.4, -0.2) is 36.3 Å². The molecule has 6 nitrogen and oxygen atoms in total. The number of aryl methyl sites for hydroxylation is 3. The van der Waals surface area contributed by atoms with E-state index in [1.807, 2.05) is 32.9 Å². The maximum Gasteiger partial charge on any atom is 0.262 e. The summed E-state index contributed by atoms with van der Waals surface area (Å²) in [5.41, 5.74) is 4.17. The highest BCUT2D eigenvalue weighted by molar-refractivity contribution is 6.21. The Morgan fingerprint density at radius 3 is 2.27 bits per heavy atom. The second-order valence-corrected chi connectivity index (χ2v) is 6.49. The molecule has 1 aliphatic heterocycles.